The molecule has 0 spiro atoms. The van der Waals surface area contributed by atoms with Gasteiger partial charge < -0.3 is 19.3 Å². The second kappa shape index (κ2) is 7.82. The van der Waals surface area contributed by atoms with Crippen LogP contribution < -0.4 is 4.74 Å². The van der Waals surface area contributed by atoms with Crippen molar-refractivity contribution in [3.8, 4) is 5.88 Å². The standard InChI is InChI=1S/C18H25N3O4/c1-13(2)25-16-6-5-14(12-19-16)17(22)21-7-3-4-15(21)18(23)20-8-10-24-11-9-20/h5-6,12-13,15H,3-4,7-11H2,1-2H3/t15-/m1/s1. The lowest BCUT2D eigenvalue weighted by atomic mass is 10.1. The van der Waals surface area contributed by atoms with Gasteiger partial charge in [-0.25, -0.2) is 4.98 Å². The van der Waals surface area contributed by atoms with Crippen molar-refractivity contribution in [2.75, 3.05) is 32.8 Å². The van der Waals surface area contributed by atoms with Crippen LogP contribution in [0.5, 0.6) is 5.88 Å². The van der Waals surface area contributed by atoms with E-state index < -0.39 is 0 Å². The number of pyridine rings is 1. The van der Waals surface area contributed by atoms with Crippen LogP contribution in [0.2, 0.25) is 0 Å². The fourth-order valence-corrected chi connectivity index (χ4v) is 3.24. The monoisotopic (exact) mass is 347 g/mol. The van der Waals surface area contributed by atoms with Crippen LogP contribution in [-0.2, 0) is 9.53 Å². The molecule has 0 radical (unpaired) electrons. The third kappa shape index (κ3) is 4.10. The first-order chi connectivity index (χ1) is 12.1. The number of amides is 2. The van der Waals surface area contributed by atoms with Crippen molar-refractivity contribution < 1.29 is 19.1 Å². The van der Waals surface area contributed by atoms with E-state index in [0.717, 1.165) is 6.42 Å². The molecule has 2 aliphatic rings. The van der Waals surface area contributed by atoms with Gasteiger partial charge in [-0.15, -0.1) is 0 Å². The first kappa shape index (κ1) is 17.7. The van der Waals surface area contributed by atoms with Gasteiger partial charge in [-0.1, -0.05) is 0 Å². The Hall–Kier alpha value is -2.15. The van der Waals surface area contributed by atoms with E-state index in [2.05, 4.69) is 4.98 Å². The van der Waals surface area contributed by atoms with E-state index in [-0.39, 0.29) is 24.0 Å². The van der Waals surface area contributed by atoms with E-state index in [1.807, 2.05) is 13.8 Å². The number of morpholine rings is 1. The van der Waals surface area contributed by atoms with Crippen molar-refractivity contribution in [1.82, 2.24) is 14.8 Å². The van der Waals surface area contributed by atoms with Crippen LogP contribution in [0.4, 0.5) is 0 Å². The second-order valence-electron chi connectivity index (χ2n) is 6.65. The van der Waals surface area contributed by atoms with Crippen LogP contribution in [-0.4, -0.2) is 71.6 Å². The predicted molar refractivity (Wildman–Crippen MR) is 91.5 cm³/mol. The molecular weight excluding hydrogens is 322 g/mol. The van der Waals surface area contributed by atoms with Gasteiger partial charge in [0.1, 0.15) is 6.04 Å². The zero-order valence-electron chi connectivity index (χ0n) is 14.8. The van der Waals surface area contributed by atoms with Crippen molar-refractivity contribution in [1.29, 1.82) is 0 Å². The fourth-order valence-electron chi connectivity index (χ4n) is 3.24. The highest BCUT2D eigenvalue weighted by Crippen LogP contribution is 2.23. The average molecular weight is 347 g/mol. The highest BCUT2D eigenvalue weighted by atomic mass is 16.5. The lowest BCUT2D eigenvalue weighted by Gasteiger charge is -2.32. The van der Waals surface area contributed by atoms with Crippen molar-refractivity contribution in [3.63, 3.8) is 0 Å². The summed E-state index contributed by atoms with van der Waals surface area (Å²) < 4.78 is 10.8. The van der Waals surface area contributed by atoms with Gasteiger partial charge in [-0.2, -0.15) is 0 Å². The topological polar surface area (TPSA) is 72.0 Å². The van der Waals surface area contributed by atoms with Gasteiger partial charge in [-0.3, -0.25) is 9.59 Å². The molecule has 2 fully saturated rings. The molecule has 0 bridgehead atoms. The normalized spacial score (nSPS) is 20.8. The van der Waals surface area contributed by atoms with Crippen LogP contribution in [0, 0.1) is 0 Å². The number of ether oxygens (including phenoxy) is 2. The van der Waals surface area contributed by atoms with Crippen molar-refractivity contribution in [2.45, 2.75) is 38.8 Å². The van der Waals surface area contributed by atoms with E-state index in [9.17, 15) is 9.59 Å². The molecule has 0 N–H and O–H groups in total. The van der Waals surface area contributed by atoms with Gasteiger partial charge in [0, 0.05) is 31.9 Å². The van der Waals surface area contributed by atoms with E-state index in [4.69, 9.17) is 9.47 Å². The molecule has 3 heterocycles. The number of likely N-dealkylation sites (tertiary alicyclic amines) is 1. The van der Waals surface area contributed by atoms with Crippen LogP contribution >= 0.6 is 0 Å². The molecule has 0 aliphatic carbocycles. The van der Waals surface area contributed by atoms with Gasteiger partial charge in [0.15, 0.2) is 0 Å². The minimum atomic E-state index is -0.378. The maximum Gasteiger partial charge on any atom is 0.256 e. The predicted octanol–water partition coefficient (Wildman–Crippen LogP) is 1.33. The third-order valence-corrected chi connectivity index (χ3v) is 4.46. The molecule has 0 aromatic carbocycles. The van der Waals surface area contributed by atoms with Crippen molar-refractivity contribution >= 4 is 11.8 Å². The Kier molecular flexibility index (Phi) is 5.53. The summed E-state index contributed by atoms with van der Waals surface area (Å²) in [6, 6.07) is 3.03. The Morgan fingerprint density at radius 3 is 2.64 bits per heavy atom. The maximum atomic E-state index is 12.8. The van der Waals surface area contributed by atoms with Gasteiger partial charge in [-0.05, 0) is 32.8 Å². The Balaban J connectivity index is 1.68. The summed E-state index contributed by atoms with van der Waals surface area (Å²) in [6.45, 7) is 6.77. The number of rotatable bonds is 4. The van der Waals surface area contributed by atoms with Crippen LogP contribution in [0.15, 0.2) is 18.3 Å². The van der Waals surface area contributed by atoms with E-state index in [1.165, 1.54) is 6.20 Å². The molecule has 0 unspecified atom stereocenters. The molecular formula is C18H25N3O4. The smallest absolute Gasteiger partial charge is 0.256 e. The van der Waals surface area contributed by atoms with E-state index in [1.54, 1.807) is 21.9 Å². The first-order valence-electron chi connectivity index (χ1n) is 8.86. The molecule has 1 atom stereocenters. The van der Waals surface area contributed by atoms with Crippen LogP contribution in [0.1, 0.15) is 37.0 Å². The summed E-state index contributed by atoms with van der Waals surface area (Å²) >= 11 is 0. The Labute approximate surface area is 147 Å². The van der Waals surface area contributed by atoms with E-state index in [0.29, 0.717) is 50.7 Å². The number of hydrogen-bond acceptors (Lipinski definition) is 5. The lowest BCUT2D eigenvalue weighted by Crippen LogP contribution is -2.51. The molecule has 136 valence electrons. The molecule has 2 saturated heterocycles. The molecule has 1 aromatic rings. The summed E-state index contributed by atoms with van der Waals surface area (Å²) in [4.78, 5) is 33.3. The van der Waals surface area contributed by atoms with E-state index >= 15 is 0 Å². The number of carbonyl (C=O) groups is 2. The average Bonchev–Trinajstić information content (AvgIpc) is 3.11. The summed E-state index contributed by atoms with van der Waals surface area (Å²) in [5.74, 6) is 0.378. The summed E-state index contributed by atoms with van der Waals surface area (Å²) in [7, 11) is 0. The minimum absolute atomic E-state index is 0.0295. The zero-order chi connectivity index (χ0) is 17.8. The molecule has 7 heteroatoms. The largest absolute Gasteiger partial charge is 0.475 e. The highest BCUT2D eigenvalue weighted by molar-refractivity contribution is 5.97. The Morgan fingerprint density at radius 2 is 2.00 bits per heavy atom. The van der Waals surface area contributed by atoms with Gasteiger partial charge >= 0.3 is 0 Å². The molecule has 0 saturated carbocycles. The molecule has 25 heavy (non-hydrogen) atoms. The third-order valence-electron chi connectivity index (χ3n) is 4.46. The van der Waals surface area contributed by atoms with Crippen molar-refractivity contribution in [3.05, 3.63) is 23.9 Å². The maximum absolute atomic E-state index is 12.8. The Morgan fingerprint density at radius 1 is 1.24 bits per heavy atom. The highest BCUT2D eigenvalue weighted by Gasteiger charge is 2.37. The summed E-state index contributed by atoms with van der Waals surface area (Å²) in [6.07, 6.45) is 3.11. The number of carbonyl (C=O) groups excluding carboxylic acids is 2. The lowest BCUT2D eigenvalue weighted by molar-refractivity contribution is -0.139. The number of aromatic nitrogens is 1. The fraction of sp³-hybridized carbons (Fsp3) is 0.611. The van der Waals surface area contributed by atoms with Gasteiger partial charge in [0.25, 0.3) is 5.91 Å². The molecule has 2 amide bonds. The SMILES string of the molecule is CC(C)Oc1ccc(C(=O)N2CCC[C@@H]2C(=O)N2CCOCC2)cn1. The molecule has 3 rings (SSSR count). The second-order valence-corrected chi connectivity index (χ2v) is 6.65. The molecule has 1 aromatic heterocycles. The Bertz CT molecular complexity index is 611. The number of hydrogen-bond donors (Lipinski definition) is 0. The first-order valence-corrected chi connectivity index (χ1v) is 8.86. The quantitative estimate of drug-likeness (QED) is 0.822. The van der Waals surface area contributed by atoms with Crippen LogP contribution in [0.3, 0.4) is 0 Å². The van der Waals surface area contributed by atoms with Gasteiger partial charge in [0.05, 0.1) is 24.9 Å². The zero-order valence-corrected chi connectivity index (χ0v) is 14.8. The molecule has 2 aliphatic heterocycles. The minimum Gasteiger partial charge on any atom is -0.475 e. The van der Waals surface area contributed by atoms with Crippen molar-refractivity contribution in [2.24, 2.45) is 0 Å². The number of nitrogens with zero attached hydrogens (tertiary/aromatic N) is 3. The van der Waals surface area contributed by atoms with Gasteiger partial charge in [0.2, 0.25) is 11.8 Å². The summed E-state index contributed by atoms with van der Waals surface area (Å²) in [5.41, 5.74) is 0.484. The van der Waals surface area contributed by atoms with Crippen LogP contribution in [0.25, 0.3) is 0 Å². The summed E-state index contributed by atoms with van der Waals surface area (Å²) in [5, 5.41) is 0. The molecule has 7 nitrogen and oxygen atoms in total.